The van der Waals surface area contributed by atoms with Crippen LogP contribution in [0.4, 0.5) is 17.2 Å². The van der Waals surface area contributed by atoms with Crippen LogP contribution in [0.5, 0.6) is 0 Å². The molecule has 2 atom stereocenters. The zero-order valence-electron chi connectivity index (χ0n) is 19.6. The number of anilines is 3. The molecule has 2 aliphatic heterocycles. The third-order valence-corrected chi connectivity index (χ3v) is 7.75. The van der Waals surface area contributed by atoms with E-state index >= 15 is 0 Å². The lowest BCUT2D eigenvalue weighted by Crippen LogP contribution is -2.42. The average molecular weight is 478 g/mol. The van der Waals surface area contributed by atoms with E-state index in [-0.39, 0.29) is 5.37 Å². The standard InChI is InChI=1S/C25H31N7OS/c1-25(33,24-27-10-15-34-24)8-6-18-4-5-21(32-12-3-11-31(2)13-14-32)20(16-18)30-23-19-7-9-26-22(19)28-17-29-23/h4-5,7,9,16-17,24,27,33H,3,10-15H2,1-2H3,(H2,26,28,29,30). The normalized spacial score (nSPS) is 21.0. The number of nitrogens with one attached hydrogen (secondary N) is 3. The molecule has 0 aliphatic carbocycles. The van der Waals surface area contributed by atoms with E-state index in [4.69, 9.17) is 0 Å². The van der Waals surface area contributed by atoms with Crippen molar-refractivity contribution in [2.45, 2.75) is 24.3 Å². The number of aliphatic hydroxyl groups is 1. The third kappa shape index (κ3) is 5.00. The Bertz CT molecular complexity index is 1210. The number of hydrogen-bond donors (Lipinski definition) is 4. The highest BCUT2D eigenvalue weighted by atomic mass is 32.2. The molecule has 3 aromatic rings. The van der Waals surface area contributed by atoms with Gasteiger partial charge in [-0.1, -0.05) is 11.8 Å². The van der Waals surface area contributed by atoms with Crippen molar-refractivity contribution in [1.82, 2.24) is 25.2 Å². The lowest BCUT2D eigenvalue weighted by Gasteiger charge is -2.26. The number of thioether (sulfide) groups is 1. The van der Waals surface area contributed by atoms with Gasteiger partial charge < -0.3 is 30.5 Å². The Labute approximate surface area is 204 Å². The molecule has 1 aromatic carbocycles. The lowest BCUT2D eigenvalue weighted by atomic mass is 10.1. The number of hydrogen-bond acceptors (Lipinski definition) is 8. The quantitative estimate of drug-likeness (QED) is 0.426. The molecule has 9 heteroatoms. The molecule has 34 heavy (non-hydrogen) atoms. The smallest absolute Gasteiger partial charge is 0.147 e. The van der Waals surface area contributed by atoms with Crippen molar-refractivity contribution in [1.29, 1.82) is 0 Å². The number of likely N-dealkylation sites (N-methyl/N-ethyl adjacent to an activating group) is 1. The molecule has 2 fully saturated rings. The van der Waals surface area contributed by atoms with Crippen LogP contribution in [-0.2, 0) is 0 Å². The maximum absolute atomic E-state index is 10.9. The number of H-pyrrole nitrogens is 1. The molecule has 4 N–H and O–H groups in total. The first-order chi connectivity index (χ1) is 16.5. The maximum Gasteiger partial charge on any atom is 0.147 e. The number of aromatic nitrogens is 3. The molecule has 5 rings (SSSR count). The zero-order chi connectivity index (χ0) is 23.5. The first kappa shape index (κ1) is 23.0. The van der Waals surface area contributed by atoms with Crippen molar-refractivity contribution < 1.29 is 5.11 Å². The molecule has 0 spiro atoms. The summed E-state index contributed by atoms with van der Waals surface area (Å²) in [7, 11) is 2.17. The molecule has 178 valence electrons. The Hall–Kier alpha value is -2.77. The van der Waals surface area contributed by atoms with E-state index in [9.17, 15) is 5.11 Å². The highest BCUT2D eigenvalue weighted by molar-refractivity contribution is 8.00. The van der Waals surface area contributed by atoms with Crippen molar-refractivity contribution in [2.24, 2.45) is 0 Å². The highest BCUT2D eigenvalue weighted by Gasteiger charge is 2.32. The topological polar surface area (TPSA) is 92.3 Å². The number of aromatic amines is 1. The number of rotatable bonds is 4. The lowest BCUT2D eigenvalue weighted by molar-refractivity contribution is 0.111. The molecular weight excluding hydrogens is 446 g/mol. The summed E-state index contributed by atoms with van der Waals surface area (Å²) in [4.78, 5) is 16.8. The molecule has 2 unspecified atom stereocenters. The minimum Gasteiger partial charge on any atom is -0.375 e. The van der Waals surface area contributed by atoms with Crippen LogP contribution in [0, 0.1) is 11.8 Å². The molecule has 0 bridgehead atoms. The second kappa shape index (κ2) is 9.84. The van der Waals surface area contributed by atoms with E-state index in [1.165, 1.54) is 0 Å². The monoisotopic (exact) mass is 477 g/mol. The van der Waals surface area contributed by atoms with E-state index in [1.807, 2.05) is 18.3 Å². The Kier molecular flexibility index (Phi) is 6.66. The molecule has 0 amide bonds. The largest absolute Gasteiger partial charge is 0.375 e. The van der Waals surface area contributed by atoms with Gasteiger partial charge in [0, 0.05) is 43.7 Å². The summed E-state index contributed by atoms with van der Waals surface area (Å²) in [6.45, 7) is 6.74. The third-order valence-electron chi connectivity index (χ3n) is 6.35. The molecule has 2 saturated heterocycles. The summed E-state index contributed by atoms with van der Waals surface area (Å²) in [6.07, 6.45) is 4.55. The average Bonchev–Trinajstić information content (AvgIpc) is 3.50. The van der Waals surface area contributed by atoms with Gasteiger partial charge in [-0.05, 0) is 51.2 Å². The van der Waals surface area contributed by atoms with Gasteiger partial charge in [0.25, 0.3) is 0 Å². The second-order valence-electron chi connectivity index (χ2n) is 9.07. The van der Waals surface area contributed by atoms with Crippen LogP contribution < -0.4 is 15.5 Å². The summed E-state index contributed by atoms with van der Waals surface area (Å²) in [5.74, 6) is 8.04. The van der Waals surface area contributed by atoms with E-state index in [2.05, 4.69) is 66.4 Å². The first-order valence-electron chi connectivity index (χ1n) is 11.7. The van der Waals surface area contributed by atoms with Gasteiger partial charge in [0.2, 0.25) is 0 Å². The van der Waals surface area contributed by atoms with Crippen LogP contribution in [0.1, 0.15) is 18.9 Å². The minimum absolute atomic E-state index is 0.0751. The van der Waals surface area contributed by atoms with Crippen LogP contribution in [0.3, 0.4) is 0 Å². The van der Waals surface area contributed by atoms with Crippen molar-refractivity contribution in [3.8, 4) is 11.8 Å². The molecule has 8 nitrogen and oxygen atoms in total. The van der Waals surface area contributed by atoms with Gasteiger partial charge in [-0.2, -0.15) is 0 Å². The molecule has 0 saturated carbocycles. The Morgan fingerprint density at radius 1 is 1.21 bits per heavy atom. The van der Waals surface area contributed by atoms with Gasteiger partial charge >= 0.3 is 0 Å². The SMILES string of the molecule is CN1CCCN(c2ccc(C#CC(C)(O)C3NCCS3)cc2Nc2ncnc3[nH]ccc23)CC1. The molecule has 2 aliphatic rings. The van der Waals surface area contributed by atoms with Crippen molar-refractivity contribution >= 4 is 40.0 Å². The minimum atomic E-state index is -1.10. The highest BCUT2D eigenvalue weighted by Crippen LogP contribution is 2.32. The van der Waals surface area contributed by atoms with E-state index in [1.54, 1.807) is 25.0 Å². The van der Waals surface area contributed by atoms with Crippen LogP contribution in [-0.4, -0.2) is 81.5 Å². The summed E-state index contributed by atoms with van der Waals surface area (Å²) in [5, 5.41) is 18.6. The van der Waals surface area contributed by atoms with Gasteiger partial charge in [-0.15, -0.1) is 11.8 Å². The second-order valence-corrected chi connectivity index (χ2v) is 10.3. The Balaban J connectivity index is 1.49. The number of fused-ring (bicyclic) bond motifs is 1. The van der Waals surface area contributed by atoms with Gasteiger partial charge in [0.15, 0.2) is 0 Å². The van der Waals surface area contributed by atoms with Crippen LogP contribution in [0.25, 0.3) is 11.0 Å². The predicted molar refractivity (Wildman–Crippen MR) is 140 cm³/mol. The number of nitrogens with zero attached hydrogens (tertiary/aromatic N) is 4. The predicted octanol–water partition coefficient (Wildman–Crippen LogP) is 2.61. The van der Waals surface area contributed by atoms with Crippen LogP contribution >= 0.6 is 11.8 Å². The van der Waals surface area contributed by atoms with Crippen molar-refractivity contribution in [3.05, 3.63) is 42.4 Å². The van der Waals surface area contributed by atoms with Crippen LogP contribution in [0.2, 0.25) is 0 Å². The number of benzene rings is 1. The van der Waals surface area contributed by atoms with E-state index in [0.29, 0.717) is 0 Å². The fraction of sp³-hybridized carbons (Fsp3) is 0.440. The summed E-state index contributed by atoms with van der Waals surface area (Å²) in [5.41, 5.74) is 2.62. The summed E-state index contributed by atoms with van der Waals surface area (Å²) >= 11 is 1.71. The van der Waals surface area contributed by atoms with Crippen molar-refractivity contribution in [2.75, 3.05) is 55.7 Å². The van der Waals surface area contributed by atoms with Gasteiger partial charge in [0.05, 0.1) is 22.1 Å². The van der Waals surface area contributed by atoms with E-state index < -0.39 is 5.60 Å². The zero-order valence-corrected chi connectivity index (χ0v) is 20.5. The van der Waals surface area contributed by atoms with Gasteiger partial charge in [-0.25, -0.2) is 9.97 Å². The fourth-order valence-corrected chi connectivity index (χ4v) is 5.52. The van der Waals surface area contributed by atoms with Crippen molar-refractivity contribution in [3.63, 3.8) is 0 Å². The maximum atomic E-state index is 10.9. The Morgan fingerprint density at radius 2 is 2.12 bits per heavy atom. The Morgan fingerprint density at radius 3 is 2.97 bits per heavy atom. The van der Waals surface area contributed by atoms with Crippen LogP contribution in [0.15, 0.2) is 36.8 Å². The van der Waals surface area contributed by atoms with Gasteiger partial charge in [0.1, 0.15) is 23.4 Å². The molecule has 4 heterocycles. The molecule has 0 radical (unpaired) electrons. The summed E-state index contributed by atoms with van der Waals surface area (Å²) < 4.78 is 0. The first-order valence-corrected chi connectivity index (χ1v) is 12.8. The van der Waals surface area contributed by atoms with Gasteiger partial charge in [-0.3, -0.25) is 0 Å². The fourth-order valence-electron chi connectivity index (χ4n) is 4.43. The molecule has 2 aromatic heterocycles. The van der Waals surface area contributed by atoms with E-state index in [0.717, 1.165) is 78.7 Å². The molecular formula is C25H31N7OS. The summed E-state index contributed by atoms with van der Waals surface area (Å²) in [6, 6.07) is 8.21.